The standard InChI is InChI=1S/C15H18N2O2/c1-11-4-5-12(2)17(11)10-15(18)16-13-6-8-14(19-3)9-7-13/h4-9H,10H2,1-3H3,(H,16,18). The summed E-state index contributed by atoms with van der Waals surface area (Å²) in [6.45, 7) is 4.32. The lowest BCUT2D eigenvalue weighted by Gasteiger charge is -2.10. The number of rotatable bonds is 4. The number of carbonyl (C=O) groups is 1. The Kier molecular flexibility index (Phi) is 3.90. The van der Waals surface area contributed by atoms with Crippen LogP contribution in [0.3, 0.4) is 0 Å². The van der Waals surface area contributed by atoms with E-state index in [-0.39, 0.29) is 5.91 Å². The van der Waals surface area contributed by atoms with Gasteiger partial charge < -0.3 is 14.6 Å². The largest absolute Gasteiger partial charge is 0.497 e. The molecule has 0 saturated carbocycles. The molecule has 1 aromatic carbocycles. The highest BCUT2D eigenvalue weighted by Gasteiger charge is 2.07. The van der Waals surface area contributed by atoms with Crippen LogP contribution in [-0.4, -0.2) is 17.6 Å². The molecular weight excluding hydrogens is 240 g/mol. The Balaban J connectivity index is 2.01. The van der Waals surface area contributed by atoms with Gasteiger partial charge in [-0.15, -0.1) is 0 Å². The number of aryl methyl sites for hydroxylation is 2. The zero-order valence-corrected chi connectivity index (χ0v) is 11.4. The molecule has 1 aromatic heterocycles. The van der Waals surface area contributed by atoms with Gasteiger partial charge in [-0.05, 0) is 50.2 Å². The van der Waals surface area contributed by atoms with Crippen LogP contribution in [0, 0.1) is 13.8 Å². The highest BCUT2D eigenvalue weighted by molar-refractivity contribution is 5.90. The molecule has 1 heterocycles. The highest BCUT2D eigenvalue weighted by Crippen LogP contribution is 2.15. The van der Waals surface area contributed by atoms with Crippen LogP contribution in [0.2, 0.25) is 0 Å². The molecule has 2 aromatic rings. The van der Waals surface area contributed by atoms with E-state index >= 15 is 0 Å². The molecule has 100 valence electrons. The van der Waals surface area contributed by atoms with Crippen LogP contribution in [-0.2, 0) is 11.3 Å². The first-order valence-electron chi connectivity index (χ1n) is 6.17. The molecule has 2 rings (SSSR count). The Labute approximate surface area is 113 Å². The summed E-state index contributed by atoms with van der Waals surface area (Å²) in [4.78, 5) is 12.0. The maximum Gasteiger partial charge on any atom is 0.244 e. The van der Waals surface area contributed by atoms with Crippen molar-refractivity contribution in [1.82, 2.24) is 4.57 Å². The van der Waals surface area contributed by atoms with Crippen LogP contribution in [0.5, 0.6) is 5.75 Å². The summed E-state index contributed by atoms with van der Waals surface area (Å²) in [5, 5.41) is 2.87. The van der Waals surface area contributed by atoms with Crippen molar-refractivity contribution >= 4 is 11.6 Å². The van der Waals surface area contributed by atoms with E-state index in [1.54, 1.807) is 7.11 Å². The van der Waals surface area contributed by atoms with Gasteiger partial charge in [-0.25, -0.2) is 0 Å². The summed E-state index contributed by atoms with van der Waals surface area (Å²) in [5.41, 5.74) is 2.94. The number of hydrogen-bond donors (Lipinski definition) is 1. The van der Waals surface area contributed by atoms with Crippen LogP contribution in [0.25, 0.3) is 0 Å². The van der Waals surface area contributed by atoms with Gasteiger partial charge in [0.05, 0.1) is 7.11 Å². The lowest BCUT2D eigenvalue weighted by Crippen LogP contribution is -2.20. The fourth-order valence-corrected chi connectivity index (χ4v) is 1.97. The Hall–Kier alpha value is -2.23. The van der Waals surface area contributed by atoms with Crippen LogP contribution in [0.15, 0.2) is 36.4 Å². The van der Waals surface area contributed by atoms with Crippen molar-refractivity contribution in [2.45, 2.75) is 20.4 Å². The SMILES string of the molecule is COc1ccc(NC(=O)Cn2c(C)ccc2C)cc1. The second-order valence-corrected chi connectivity index (χ2v) is 4.48. The molecule has 0 saturated heterocycles. The van der Waals surface area contributed by atoms with Gasteiger partial charge in [0.1, 0.15) is 12.3 Å². The first kappa shape index (κ1) is 13.2. The number of nitrogens with one attached hydrogen (secondary N) is 1. The van der Waals surface area contributed by atoms with E-state index in [4.69, 9.17) is 4.74 Å². The maximum absolute atomic E-state index is 12.0. The molecule has 0 fully saturated rings. The molecule has 0 unspecified atom stereocenters. The van der Waals surface area contributed by atoms with E-state index < -0.39 is 0 Å². The summed E-state index contributed by atoms with van der Waals surface area (Å²) >= 11 is 0. The van der Waals surface area contributed by atoms with Gasteiger partial charge in [-0.1, -0.05) is 0 Å². The molecule has 4 heteroatoms. The molecule has 0 bridgehead atoms. The molecule has 1 N–H and O–H groups in total. The van der Waals surface area contributed by atoms with Crippen LogP contribution in [0.4, 0.5) is 5.69 Å². The number of hydrogen-bond acceptors (Lipinski definition) is 2. The van der Waals surface area contributed by atoms with Crippen molar-refractivity contribution in [2.75, 3.05) is 12.4 Å². The van der Waals surface area contributed by atoms with Crippen molar-refractivity contribution < 1.29 is 9.53 Å². The third kappa shape index (κ3) is 3.16. The molecule has 1 amide bonds. The number of carbonyl (C=O) groups excluding carboxylic acids is 1. The number of methoxy groups -OCH3 is 1. The zero-order chi connectivity index (χ0) is 13.8. The first-order valence-corrected chi connectivity index (χ1v) is 6.17. The summed E-state index contributed by atoms with van der Waals surface area (Å²) in [5.74, 6) is 0.739. The topological polar surface area (TPSA) is 43.3 Å². The van der Waals surface area contributed by atoms with Gasteiger partial charge in [-0.2, -0.15) is 0 Å². The molecule has 0 aliphatic carbocycles. The predicted molar refractivity (Wildman–Crippen MR) is 75.5 cm³/mol. The van der Waals surface area contributed by atoms with Gasteiger partial charge in [-0.3, -0.25) is 4.79 Å². The quantitative estimate of drug-likeness (QED) is 0.916. The normalized spacial score (nSPS) is 10.3. The van der Waals surface area contributed by atoms with E-state index in [1.807, 2.05) is 54.8 Å². The summed E-state index contributed by atoms with van der Waals surface area (Å²) in [7, 11) is 1.62. The molecule has 4 nitrogen and oxygen atoms in total. The maximum atomic E-state index is 12.0. The van der Waals surface area contributed by atoms with Gasteiger partial charge in [0.25, 0.3) is 0 Å². The molecule has 0 spiro atoms. The van der Waals surface area contributed by atoms with E-state index in [9.17, 15) is 4.79 Å². The van der Waals surface area contributed by atoms with Crippen molar-refractivity contribution in [3.8, 4) is 5.75 Å². The van der Waals surface area contributed by atoms with Crippen molar-refractivity contribution in [1.29, 1.82) is 0 Å². The van der Waals surface area contributed by atoms with Crippen molar-refractivity contribution in [3.05, 3.63) is 47.8 Å². The number of aromatic nitrogens is 1. The first-order chi connectivity index (χ1) is 9.10. The number of anilines is 1. The average Bonchev–Trinajstić information content (AvgIpc) is 2.71. The molecule has 0 aliphatic rings. The van der Waals surface area contributed by atoms with Gasteiger partial charge in [0.2, 0.25) is 5.91 Å². The van der Waals surface area contributed by atoms with E-state index in [2.05, 4.69) is 5.32 Å². The zero-order valence-electron chi connectivity index (χ0n) is 11.4. The molecular formula is C15H18N2O2. The molecule has 0 aliphatic heterocycles. The van der Waals surface area contributed by atoms with Crippen molar-refractivity contribution in [3.63, 3.8) is 0 Å². The fraction of sp³-hybridized carbons (Fsp3) is 0.267. The Bertz CT molecular complexity index is 551. The summed E-state index contributed by atoms with van der Waals surface area (Å²) in [6, 6.07) is 11.3. The number of ether oxygens (including phenoxy) is 1. The Morgan fingerprint density at radius 2 is 1.68 bits per heavy atom. The molecule has 0 atom stereocenters. The van der Waals surface area contributed by atoms with Crippen LogP contribution in [0.1, 0.15) is 11.4 Å². The minimum atomic E-state index is -0.0347. The summed E-state index contributed by atoms with van der Waals surface area (Å²) < 4.78 is 7.06. The number of amides is 1. The number of benzene rings is 1. The van der Waals surface area contributed by atoms with Crippen LogP contribution < -0.4 is 10.1 Å². The van der Waals surface area contributed by atoms with Gasteiger partial charge in [0.15, 0.2) is 0 Å². The van der Waals surface area contributed by atoms with Gasteiger partial charge >= 0.3 is 0 Å². The minimum Gasteiger partial charge on any atom is -0.497 e. The average molecular weight is 258 g/mol. The van der Waals surface area contributed by atoms with E-state index in [0.29, 0.717) is 6.54 Å². The second kappa shape index (κ2) is 5.61. The predicted octanol–water partition coefficient (Wildman–Crippen LogP) is 2.75. The highest BCUT2D eigenvalue weighted by atomic mass is 16.5. The Morgan fingerprint density at radius 1 is 1.11 bits per heavy atom. The fourth-order valence-electron chi connectivity index (χ4n) is 1.97. The molecule has 19 heavy (non-hydrogen) atoms. The third-order valence-corrected chi connectivity index (χ3v) is 3.09. The monoisotopic (exact) mass is 258 g/mol. The minimum absolute atomic E-state index is 0.0347. The number of nitrogens with zero attached hydrogens (tertiary/aromatic N) is 1. The second-order valence-electron chi connectivity index (χ2n) is 4.48. The van der Waals surface area contributed by atoms with Crippen molar-refractivity contribution in [2.24, 2.45) is 0 Å². The summed E-state index contributed by atoms with van der Waals surface area (Å²) in [6.07, 6.45) is 0. The lowest BCUT2D eigenvalue weighted by atomic mass is 10.3. The van der Waals surface area contributed by atoms with Gasteiger partial charge in [0, 0.05) is 17.1 Å². The smallest absolute Gasteiger partial charge is 0.244 e. The van der Waals surface area contributed by atoms with E-state index in [0.717, 1.165) is 22.8 Å². The van der Waals surface area contributed by atoms with E-state index in [1.165, 1.54) is 0 Å². The third-order valence-electron chi connectivity index (χ3n) is 3.09. The molecule has 0 radical (unpaired) electrons. The van der Waals surface area contributed by atoms with Crippen LogP contribution >= 0.6 is 0 Å². The lowest BCUT2D eigenvalue weighted by molar-refractivity contribution is -0.116. The Morgan fingerprint density at radius 3 is 2.21 bits per heavy atom.